The summed E-state index contributed by atoms with van der Waals surface area (Å²) in [4.78, 5) is 0. The highest BCUT2D eigenvalue weighted by molar-refractivity contribution is 7.94. The zero-order chi connectivity index (χ0) is 15.6. The Morgan fingerprint density at radius 3 is 2.71 bits per heavy atom. The number of oxime groups is 1. The van der Waals surface area contributed by atoms with E-state index in [4.69, 9.17) is 22.5 Å². The number of aryl methyl sites for hydroxylation is 1. The molecule has 1 aromatic heterocycles. The van der Waals surface area contributed by atoms with Gasteiger partial charge in [-0.3, -0.25) is 4.72 Å². The molecule has 6 nitrogen and oxygen atoms in total. The topological polar surface area (TPSA) is 105 Å². The zero-order valence-corrected chi connectivity index (χ0v) is 13.3. The molecule has 2 aromatic rings. The second kappa shape index (κ2) is 5.92. The molecule has 0 bridgehead atoms. The van der Waals surface area contributed by atoms with Gasteiger partial charge >= 0.3 is 0 Å². The van der Waals surface area contributed by atoms with Crippen LogP contribution in [-0.2, 0) is 10.0 Å². The summed E-state index contributed by atoms with van der Waals surface area (Å²) < 4.78 is 27.5. The molecule has 4 N–H and O–H groups in total. The van der Waals surface area contributed by atoms with Crippen LogP contribution in [0.3, 0.4) is 0 Å². The third-order valence-corrected chi connectivity index (χ3v) is 6.03. The van der Waals surface area contributed by atoms with Gasteiger partial charge in [0.25, 0.3) is 10.0 Å². The molecule has 1 aromatic carbocycles. The highest BCUT2D eigenvalue weighted by Crippen LogP contribution is 2.31. The second-order valence-corrected chi connectivity index (χ2v) is 7.76. The molecule has 0 amide bonds. The van der Waals surface area contributed by atoms with Gasteiger partial charge in [-0.25, -0.2) is 8.42 Å². The minimum Gasteiger partial charge on any atom is -0.409 e. The Balaban J connectivity index is 2.33. The van der Waals surface area contributed by atoms with Crippen LogP contribution in [0.1, 0.15) is 11.1 Å². The Morgan fingerprint density at radius 2 is 2.14 bits per heavy atom. The molecule has 112 valence electrons. The highest BCUT2D eigenvalue weighted by Gasteiger charge is 2.18. The van der Waals surface area contributed by atoms with Crippen LogP contribution in [0.25, 0.3) is 0 Å². The van der Waals surface area contributed by atoms with Crippen LogP contribution in [-0.4, -0.2) is 19.5 Å². The smallest absolute Gasteiger partial charge is 0.271 e. The molecule has 21 heavy (non-hydrogen) atoms. The summed E-state index contributed by atoms with van der Waals surface area (Å²) in [5.41, 5.74) is 6.88. The molecule has 1 heterocycles. The maximum atomic E-state index is 12.2. The SMILES string of the molecule is Cc1cc(S(=O)(=O)Nc2cccc(/C(N)=N/O)c2)sc1Cl. The van der Waals surface area contributed by atoms with E-state index in [9.17, 15) is 8.42 Å². The van der Waals surface area contributed by atoms with Crippen LogP contribution in [0.2, 0.25) is 4.34 Å². The van der Waals surface area contributed by atoms with Crippen molar-refractivity contribution in [2.24, 2.45) is 10.9 Å². The molecule has 0 saturated heterocycles. The van der Waals surface area contributed by atoms with Crippen LogP contribution in [0.4, 0.5) is 5.69 Å². The summed E-state index contributed by atoms with van der Waals surface area (Å²) in [5, 5.41) is 11.5. The van der Waals surface area contributed by atoms with Crippen LogP contribution in [0, 0.1) is 6.92 Å². The molecular formula is C12H12ClN3O3S2. The number of rotatable bonds is 4. The first-order chi connectivity index (χ1) is 9.83. The van der Waals surface area contributed by atoms with Crippen molar-refractivity contribution in [3.8, 4) is 0 Å². The number of nitrogens with two attached hydrogens (primary N) is 1. The monoisotopic (exact) mass is 345 g/mol. The number of thiophene rings is 1. The van der Waals surface area contributed by atoms with Crippen molar-refractivity contribution in [3.05, 3.63) is 45.8 Å². The zero-order valence-electron chi connectivity index (χ0n) is 10.9. The molecule has 0 aliphatic heterocycles. The lowest BCUT2D eigenvalue weighted by molar-refractivity contribution is 0.318. The number of benzene rings is 1. The van der Waals surface area contributed by atoms with E-state index in [0.29, 0.717) is 21.2 Å². The molecule has 0 saturated carbocycles. The van der Waals surface area contributed by atoms with Crippen molar-refractivity contribution >= 4 is 44.5 Å². The fourth-order valence-corrected chi connectivity index (χ4v) is 4.33. The van der Waals surface area contributed by atoms with E-state index in [-0.39, 0.29) is 10.0 Å². The third-order valence-electron chi connectivity index (χ3n) is 2.62. The van der Waals surface area contributed by atoms with Crippen molar-refractivity contribution in [2.45, 2.75) is 11.1 Å². The van der Waals surface area contributed by atoms with Gasteiger partial charge in [-0.15, -0.1) is 11.3 Å². The van der Waals surface area contributed by atoms with Crippen molar-refractivity contribution < 1.29 is 13.6 Å². The summed E-state index contributed by atoms with van der Waals surface area (Å²) in [5.74, 6) is -0.105. The Morgan fingerprint density at radius 1 is 1.43 bits per heavy atom. The summed E-state index contributed by atoms with van der Waals surface area (Å²) in [6.07, 6.45) is 0. The number of hydrogen-bond acceptors (Lipinski definition) is 5. The Hall–Kier alpha value is -1.77. The van der Waals surface area contributed by atoms with Crippen LogP contribution in [0.5, 0.6) is 0 Å². The average molecular weight is 346 g/mol. The predicted molar refractivity (Wildman–Crippen MR) is 83.8 cm³/mol. The Labute approximate surface area is 130 Å². The highest BCUT2D eigenvalue weighted by atomic mass is 35.5. The van der Waals surface area contributed by atoms with Gasteiger partial charge in [0, 0.05) is 11.3 Å². The molecule has 0 radical (unpaired) electrons. The lowest BCUT2D eigenvalue weighted by atomic mass is 10.2. The van der Waals surface area contributed by atoms with Gasteiger partial charge in [-0.05, 0) is 30.7 Å². The first kappa shape index (κ1) is 15.6. The fourth-order valence-electron chi connectivity index (χ4n) is 1.57. The van der Waals surface area contributed by atoms with E-state index in [1.807, 2.05) is 0 Å². The first-order valence-electron chi connectivity index (χ1n) is 5.70. The number of nitrogens with one attached hydrogen (secondary N) is 1. The molecule has 0 fully saturated rings. The first-order valence-corrected chi connectivity index (χ1v) is 8.38. The number of halogens is 1. The van der Waals surface area contributed by atoms with E-state index in [1.165, 1.54) is 12.1 Å². The van der Waals surface area contributed by atoms with Crippen LogP contribution < -0.4 is 10.5 Å². The number of anilines is 1. The molecule has 0 atom stereocenters. The van der Waals surface area contributed by atoms with Gasteiger partial charge in [-0.2, -0.15) is 0 Å². The quantitative estimate of drug-likeness (QED) is 0.343. The average Bonchev–Trinajstić information content (AvgIpc) is 2.78. The van der Waals surface area contributed by atoms with Gasteiger partial charge in [0.1, 0.15) is 4.21 Å². The minimum atomic E-state index is -3.72. The van der Waals surface area contributed by atoms with Crippen LogP contribution >= 0.6 is 22.9 Å². The molecule has 0 aliphatic carbocycles. The van der Waals surface area contributed by atoms with E-state index in [0.717, 1.165) is 11.3 Å². The predicted octanol–water partition coefficient (Wildman–Crippen LogP) is 2.61. The Bertz CT molecular complexity index is 780. The molecule has 9 heteroatoms. The molecule has 0 spiro atoms. The lowest BCUT2D eigenvalue weighted by Gasteiger charge is -2.07. The fraction of sp³-hybridized carbons (Fsp3) is 0.0833. The summed E-state index contributed by atoms with van der Waals surface area (Å²) >= 11 is 6.87. The molecule has 0 unspecified atom stereocenters. The van der Waals surface area contributed by atoms with E-state index >= 15 is 0 Å². The van der Waals surface area contributed by atoms with Crippen molar-refractivity contribution in [1.82, 2.24) is 0 Å². The van der Waals surface area contributed by atoms with Gasteiger partial charge in [0.15, 0.2) is 5.84 Å². The van der Waals surface area contributed by atoms with Crippen molar-refractivity contribution in [1.29, 1.82) is 0 Å². The second-order valence-electron chi connectivity index (χ2n) is 4.19. The third kappa shape index (κ3) is 3.46. The van der Waals surface area contributed by atoms with E-state index in [2.05, 4.69) is 9.88 Å². The van der Waals surface area contributed by atoms with Gasteiger partial charge in [0.2, 0.25) is 0 Å². The summed E-state index contributed by atoms with van der Waals surface area (Å²) in [6, 6.07) is 7.72. The number of hydrogen-bond donors (Lipinski definition) is 3. The largest absolute Gasteiger partial charge is 0.409 e. The van der Waals surface area contributed by atoms with Crippen molar-refractivity contribution in [3.63, 3.8) is 0 Å². The minimum absolute atomic E-state index is 0.105. The number of amidine groups is 1. The standard InChI is InChI=1S/C12H12ClN3O3S2/c1-7-5-10(20-11(7)13)21(18,19)16-9-4-2-3-8(6-9)12(14)15-17/h2-6,16-17H,1H3,(H2,14,15). The maximum absolute atomic E-state index is 12.2. The number of nitrogens with zero attached hydrogens (tertiary/aromatic N) is 1. The number of sulfonamides is 1. The maximum Gasteiger partial charge on any atom is 0.271 e. The molecular weight excluding hydrogens is 334 g/mol. The van der Waals surface area contributed by atoms with Gasteiger partial charge < -0.3 is 10.9 Å². The lowest BCUT2D eigenvalue weighted by Crippen LogP contribution is -2.15. The van der Waals surface area contributed by atoms with E-state index < -0.39 is 10.0 Å². The molecule has 0 aliphatic rings. The summed E-state index contributed by atoms with van der Waals surface area (Å²) in [6.45, 7) is 1.73. The van der Waals surface area contributed by atoms with E-state index in [1.54, 1.807) is 25.1 Å². The molecule has 2 rings (SSSR count). The van der Waals surface area contributed by atoms with Crippen LogP contribution in [0.15, 0.2) is 39.7 Å². The van der Waals surface area contributed by atoms with Gasteiger partial charge in [-0.1, -0.05) is 28.9 Å². The van der Waals surface area contributed by atoms with Crippen molar-refractivity contribution in [2.75, 3.05) is 4.72 Å². The normalized spacial score (nSPS) is 12.4. The van der Waals surface area contributed by atoms with Gasteiger partial charge in [0.05, 0.1) is 4.34 Å². The summed E-state index contributed by atoms with van der Waals surface area (Å²) in [7, 11) is -3.72. The Kier molecular flexibility index (Phi) is 4.40.